The SMILES string of the molecule is Fc1ccc(-c2ccnc3[nH]c(-c4n[nH]c5cnc(-c6cncc(OCCN7CCCC7)c6)cc45)nc23)s1. The highest BCUT2D eigenvalue weighted by atomic mass is 32.1. The Morgan fingerprint density at radius 1 is 1.05 bits per heavy atom. The minimum Gasteiger partial charge on any atom is -0.491 e. The molecule has 1 aliphatic rings. The van der Waals surface area contributed by atoms with Crippen LogP contribution in [0, 0.1) is 5.13 Å². The van der Waals surface area contributed by atoms with Gasteiger partial charge in [-0.1, -0.05) is 0 Å². The van der Waals surface area contributed by atoms with E-state index in [1.54, 1.807) is 30.9 Å². The second-order valence-electron chi connectivity index (χ2n) is 9.24. The number of halogens is 1. The molecule has 0 atom stereocenters. The van der Waals surface area contributed by atoms with E-state index in [4.69, 9.17) is 9.72 Å². The first-order valence-corrected chi connectivity index (χ1v) is 13.3. The molecule has 0 bridgehead atoms. The first kappa shape index (κ1) is 22.9. The van der Waals surface area contributed by atoms with Crippen molar-refractivity contribution in [3.63, 3.8) is 0 Å². The van der Waals surface area contributed by atoms with Crippen molar-refractivity contribution in [2.75, 3.05) is 26.2 Å². The molecule has 0 radical (unpaired) electrons. The monoisotopic (exact) mass is 526 g/mol. The lowest BCUT2D eigenvalue weighted by Gasteiger charge is -2.15. The Balaban J connectivity index is 1.20. The van der Waals surface area contributed by atoms with Crippen LogP contribution in [0.1, 0.15) is 12.8 Å². The predicted molar refractivity (Wildman–Crippen MR) is 144 cm³/mol. The fraction of sp³-hybridized carbons (Fsp3) is 0.222. The second-order valence-corrected chi connectivity index (χ2v) is 10.3. The number of likely N-dealkylation sites (tertiary alicyclic amines) is 1. The van der Waals surface area contributed by atoms with Crippen molar-refractivity contribution in [3.05, 3.63) is 60.3 Å². The van der Waals surface area contributed by atoms with E-state index in [2.05, 4.69) is 35.0 Å². The number of hydrogen-bond acceptors (Lipinski definition) is 8. The Morgan fingerprint density at radius 3 is 2.84 bits per heavy atom. The molecule has 11 heteroatoms. The second kappa shape index (κ2) is 9.58. The fourth-order valence-corrected chi connectivity index (χ4v) is 5.63. The Hall–Kier alpha value is -4.22. The van der Waals surface area contributed by atoms with E-state index >= 15 is 0 Å². The quantitative estimate of drug-likeness (QED) is 0.291. The van der Waals surface area contributed by atoms with Gasteiger partial charge in [0.1, 0.15) is 23.6 Å². The number of hydrogen-bond donors (Lipinski definition) is 2. The number of pyridine rings is 3. The molecule has 0 spiro atoms. The summed E-state index contributed by atoms with van der Waals surface area (Å²) in [4.78, 5) is 24.7. The van der Waals surface area contributed by atoms with Crippen molar-refractivity contribution >= 4 is 33.4 Å². The minimum atomic E-state index is -0.241. The largest absolute Gasteiger partial charge is 0.491 e. The lowest BCUT2D eigenvalue weighted by molar-refractivity contribution is 0.237. The number of aromatic nitrogens is 7. The molecule has 0 aliphatic carbocycles. The molecule has 6 aromatic heterocycles. The normalized spacial score (nSPS) is 14.1. The fourth-order valence-electron chi connectivity index (χ4n) is 4.87. The van der Waals surface area contributed by atoms with E-state index in [9.17, 15) is 4.39 Å². The van der Waals surface area contributed by atoms with Crippen LogP contribution in [0.15, 0.2) is 55.1 Å². The molecule has 2 N–H and O–H groups in total. The summed E-state index contributed by atoms with van der Waals surface area (Å²) in [6.45, 7) is 3.84. The van der Waals surface area contributed by atoms with Gasteiger partial charge in [-0.25, -0.2) is 9.97 Å². The number of aromatic amines is 2. The number of fused-ring (bicyclic) bond motifs is 2. The molecule has 0 saturated carbocycles. The van der Waals surface area contributed by atoms with Crippen LogP contribution in [0.3, 0.4) is 0 Å². The molecule has 190 valence electrons. The van der Waals surface area contributed by atoms with E-state index in [1.165, 1.54) is 18.9 Å². The van der Waals surface area contributed by atoms with Gasteiger partial charge in [0.2, 0.25) is 0 Å². The zero-order chi connectivity index (χ0) is 25.5. The molecule has 38 heavy (non-hydrogen) atoms. The van der Waals surface area contributed by atoms with E-state index in [0.29, 0.717) is 29.3 Å². The van der Waals surface area contributed by atoms with Gasteiger partial charge < -0.3 is 9.72 Å². The van der Waals surface area contributed by atoms with Crippen molar-refractivity contribution in [2.24, 2.45) is 0 Å². The number of rotatable bonds is 7. The van der Waals surface area contributed by atoms with Crippen LogP contribution < -0.4 is 4.74 Å². The van der Waals surface area contributed by atoms with Gasteiger partial charge in [-0.15, -0.1) is 11.3 Å². The van der Waals surface area contributed by atoms with E-state index < -0.39 is 0 Å². The Kier molecular flexibility index (Phi) is 5.78. The van der Waals surface area contributed by atoms with Gasteiger partial charge in [0.25, 0.3) is 0 Å². The van der Waals surface area contributed by atoms with Crippen LogP contribution >= 0.6 is 11.3 Å². The topological polar surface area (TPSA) is 108 Å². The molecule has 7 rings (SSSR count). The van der Waals surface area contributed by atoms with E-state index in [0.717, 1.165) is 69.3 Å². The lowest BCUT2D eigenvalue weighted by atomic mass is 10.1. The highest BCUT2D eigenvalue weighted by Crippen LogP contribution is 2.34. The Labute approximate surface area is 220 Å². The molecule has 0 unspecified atom stereocenters. The van der Waals surface area contributed by atoms with E-state index in [1.807, 2.05) is 18.2 Å². The number of thiophene rings is 1. The van der Waals surface area contributed by atoms with Crippen LogP contribution in [-0.2, 0) is 0 Å². The number of nitrogens with one attached hydrogen (secondary N) is 2. The number of ether oxygens (including phenoxy) is 1. The molecule has 0 amide bonds. The minimum absolute atomic E-state index is 0.241. The summed E-state index contributed by atoms with van der Waals surface area (Å²) in [5.41, 5.74) is 5.13. The molecule has 1 aliphatic heterocycles. The van der Waals surface area contributed by atoms with Gasteiger partial charge in [0.05, 0.1) is 23.6 Å². The summed E-state index contributed by atoms with van der Waals surface area (Å²) in [7, 11) is 0. The zero-order valence-electron chi connectivity index (χ0n) is 20.3. The van der Waals surface area contributed by atoms with Crippen molar-refractivity contribution < 1.29 is 9.13 Å². The summed E-state index contributed by atoms with van der Waals surface area (Å²) < 4.78 is 19.7. The van der Waals surface area contributed by atoms with Gasteiger partial charge in [0.15, 0.2) is 16.6 Å². The molecule has 7 heterocycles. The van der Waals surface area contributed by atoms with Crippen LogP contribution in [0.25, 0.3) is 55.3 Å². The van der Waals surface area contributed by atoms with Crippen LogP contribution in [0.5, 0.6) is 5.75 Å². The average molecular weight is 527 g/mol. The Morgan fingerprint density at radius 2 is 1.97 bits per heavy atom. The van der Waals surface area contributed by atoms with Gasteiger partial charge >= 0.3 is 0 Å². The van der Waals surface area contributed by atoms with Crippen molar-refractivity contribution in [1.29, 1.82) is 0 Å². The van der Waals surface area contributed by atoms with Gasteiger partial charge in [0, 0.05) is 40.3 Å². The summed E-state index contributed by atoms with van der Waals surface area (Å²) >= 11 is 1.08. The number of nitrogens with zero attached hydrogens (tertiary/aromatic N) is 6. The van der Waals surface area contributed by atoms with Crippen molar-refractivity contribution in [3.8, 4) is 39.0 Å². The first-order valence-electron chi connectivity index (χ1n) is 12.5. The summed E-state index contributed by atoms with van der Waals surface area (Å²) in [5.74, 6) is 1.29. The molecule has 0 aromatic carbocycles. The molecule has 1 saturated heterocycles. The molecular formula is C27H23FN8OS. The molecule has 1 fully saturated rings. The molecule has 6 aromatic rings. The maximum Gasteiger partial charge on any atom is 0.176 e. The lowest BCUT2D eigenvalue weighted by Crippen LogP contribution is -2.25. The zero-order valence-corrected chi connectivity index (χ0v) is 21.1. The van der Waals surface area contributed by atoms with Crippen LogP contribution in [-0.4, -0.2) is 66.3 Å². The first-order chi connectivity index (χ1) is 18.7. The maximum absolute atomic E-state index is 13.7. The third-order valence-electron chi connectivity index (χ3n) is 6.78. The molecular weight excluding hydrogens is 503 g/mol. The van der Waals surface area contributed by atoms with Crippen LogP contribution in [0.4, 0.5) is 4.39 Å². The van der Waals surface area contributed by atoms with Crippen molar-refractivity contribution in [2.45, 2.75) is 12.8 Å². The number of imidazole rings is 1. The highest BCUT2D eigenvalue weighted by molar-refractivity contribution is 7.14. The standard InChI is InChI=1S/C27H23FN8OS/c28-23-4-3-22(38-23)18-5-6-30-26-24(18)32-27(33-26)25-19-12-20(31-15-21(19)34-35-25)16-11-17(14-29-13-16)37-10-9-36-7-1-2-8-36/h3-6,11-15H,1-2,7-10H2,(H,34,35)(H,30,32,33). The van der Waals surface area contributed by atoms with Gasteiger partial charge in [-0.2, -0.15) is 9.49 Å². The summed E-state index contributed by atoms with van der Waals surface area (Å²) in [6, 6.07) is 8.98. The number of H-pyrrole nitrogens is 2. The third-order valence-corrected chi connectivity index (χ3v) is 7.69. The van der Waals surface area contributed by atoms with Gasteiger partial charge in [-0.3, -0.25) is 20.0 Å². The van der Waals surface area contributed by atoms with Gasteiger partial charge in [-0.05, 0) is 56.3 Å². The summed E-state index contributed by atoms with van der Waals surface area (Å²) in [5, 5.41) is 8.17. The van der Waals surface area contributed by atoms with E-state index in [-0.39, 0.29) is 5.13 Å². The smallest absolute Gasteiger partial charge is 0.176 e. The Bertz CT molecular complexity index is 1750. The van der Waals surface area contributed by atoms with Crippen LogP contribution in [0.2, 0.25) is 0 Å². The third kappa shape index (κ3) is 4.29. The maximum atomic E-state index is 13.7. The highest BCUT2D eigenvalue weighted by Gasteiger charge is 2.18. The average Bonchev–Trinajstić information content (AvgIpc) is 3.74. The summed E-state index contributed by atoms with van der Waals surface area (Å²) in [6.07, 6.45) is 9.48. The predicted octanol–water partition coefficient (Wildman–Crippen LogP) is 5.30. The van der Waals surface area contributed by atoms with Crippen molar-refractivity contribution in [1.82, 2.24) is 40.0 Å². The molecule has 9 nitrogen and oxygen atoms in total.